The van der Waals surface area contributed by atoms with Gasteiger partial charge in [0, 0.05) is 30.9 Å². The summed E-state index contributed by atoms with van der Waals surface area (Å²) in [6.45, 7) is 2.23. The third-order valence-electron chi connectivity index (χ3n) is 5.88. The van der Waals surface area contributed by atoms with Crippen molar-refractivity contribution in [2.45, 2.75) is 29.2 Å². The molecule has 0 aliphatic carbocycles. The third-order valence-corrected chi connectivity index (χ3v) is 8.44. The van der Waals surface area contributed by atoms with Gasteiger partial charge in [-0.3, -0.25) is 4.79 Å². The summed E-state index contributed by atoms with van der Waals surface area (Å²) in [4.78, 5) is 19.5. The van der Waals surface area contributed by atoms with Gasteiger partial charge in [-0.15, -0.1) is 11.3 Å². The van der Waals surface area contributed by atoms with Crippen molar-refractivity contribution in [2.75, 3.05) is 18.0 Å². The molecule has 5 rings (SSSR count). The van der Waals surface area contributed by atoms with Gasteiger partial charge in [0.1, 0.15) is 0 Å². The molecule has 0 spiro atoms. The van der Waals surface area contributed by atoms with E-state index in [4.69, 9.17) is 0 Å². The van der Waals surface area contributed by atoms with E-state index in [1.54, 1.807) is 54.0 Å². The van der Waals surface area contributed by atoms with Gasteiger partial charge in [0.2, 0.25) is 9.84 Å². The number of carbonyl (C=O) groups excluding carboxylic acids is 1. The fraction of sp³-hybridized carbons (Fsp3) is 0.200. The van der Waals surface area contributed by atoms with Crippen LogP contribution in [0, 0.1) is 0 Å². The topological polar surface area (TPSA) is 79.4 Å². The lowest BCUT2D eigenvalue weighted by Crippen LogP contribution is -2.22. The van der Waals surface area contributed by atoms with Crippen LogP contribution in [0.2, 0.25) is 0 Å². The number of thiazole rings is 1. The predicted octanol–water partition coefficient (Wildman–Crippen LogP) is 4.66. The Hall–Kier alpha value is -3.23. The smallest absolute Gasteiger partial charge is 0.251 e. The monoisotopic (exact) mass is 477 g/mol. The summed E-state index contributed by atoms with van der Waals surface area (Å²) in [5.74, 6) is -0.180. The number of aromatic nitrogens is 1. The second-order valence-corrected chi connectivity index (χ2v) is 10.9. The minimum atomic E-state index is -3.62. The van der Waals surface area contributed by atoms with Crippen LogP contribution in [-0.4, -0.2) is 32.4 Å². The van der Waals surface area contributed by atoms with Crippen LogP contribution in [0.15, 0.2) is 82.0 Å². The van der Waals surface area contributed by atoms with Crippen molar-refractivity contribution in [3.63, 3.8) is 0 Å². The van der Waals surface area contributed by atoms with Crippen LogP contribution >= 0.6 is 11.3 Å². The lowest BCUT2D eigenvalue weighted by atomic mass is 10.2. The molecule has 1 aliphatic heterocycles. The molecule has 168 valence electrons. The SMILES string of the molecule is O=C(NCc1ccc(S(=O)(=O)c2cccc(N3CCCC3)c2)cc1)c1ccc2ncsc2c1. The van der Waals surface area contributed by atoms with Gasteiger partial charge < -0.3 is 10.2 Å². The van der Waals surface area contributed by atoms with E-state index >= 15 is 0 Å². The molecule has 4 aromatic rings. The molecule has 0 bridgehead atoms. The zero-order chi connectivity index (χ0) is 22.8. The van der Waals surface area contributed by atoms with Crippen LogP contribution < -0.4 is 10.2 Å². The predicted molar refractivity (Wildman–Crippen MR) is 131 cm³/mol. The average Bonchev–Trinajstić information content (AvgIpc) is 3.55. The average molecular weight is 478 g/mol. The quantitative estimate of drug-likeness (QED) is 0.437. The van der Waals surface area contributed by atoms with Gasteiger partial charge >= 0.3 is 0 Å². The van der Waals surface area contributed by atoms with Gasteiger partial charge in [0.05, 0.1) is 25.5 Å². The highest BCUT2D eigenvalue weighted by Crippen LogP contribution is 2.27. The van der Waals surface area contributed by atoms with Crippen molar-refractivity contribution in [3.05, 3.63) is 83.4 Å². The maximum absolute atomic E-state index is 13.2. The molecular weight excluding hydrogens is 454 g/mol. The zero-order valence-electron chi connectivity index (χ0n) is 17.9. The van der Waals surface area contributed by atoms with Gasteiger partial charge in [-0.25, -0.2) is 13.4 Å². The first-order valence-corrected chi connectivity index (χ1v) is 13.2. The third kappa shape index (κ3) is 4.49. The molecule has 1 fully saturated rings. The molecule has 0 unspecified atom stereocenters. The molecule has 0 radical (unpaired) electrons. The van der Waals surface area contributed by atoms with E-state index in [1.165, 1.54) is 11.3 Å². The molecule has 1 amide bonds. The van der Waals surface area contributed by atoms with Crippen molar-refractivity contribution in [3.8, 4) is 0 Å². The summed E-state index contributed by atoms with van der Waals surface area (Å²) >= 11 is 1.49. The summed E-state index contributed by atoms with van der Waals surface area (Å²) in [5, 5.41) is 2.89. The highest BCUT2D eigenvalue weighted by molar-refractivity contribution is 7.91. The Morgan fingerprint density at radius 2 is 1.76 bits per heavy atom. The Morgan fingerprint density at radius 1 is 0.970 bits per heavy atom. The van der Waals surface area contributed by atoms with Gasteiger partial charge in [-0.1, -0.05) is 18.2 Å². The Morgan fingerprint density at radius 3 is 2.55 bits per heavy atom. The molecule has 8 heteroatoms. The maximum Gasteiger partial charge on any atom is 0.251 e. The van der Waals surface area contributed by atoms with Gasteiger partial charge in [0.15, 0.2) is 0 Å². The standard InChI is InChI=1S/C25H23N3O3S2/c29-25(19-8-11-23-24(14-19)32-17-27-23)26-16-18-6-9-21(10-7-18)33(30,31)22-5-3-4-20(15-22)28-12-1-2-13-28/h3-11,14-15,17H,1-2,12-13,16H2,(H,26,29). The first-order valence-electron chi connectivity index (χ1n) is 10.8. The van der Waals surface area contributed by atoms with Crippen molar-refractivity contribution in [1.29, 1.82) is 0 Å². The fourth-order valence-corrected chi connectivity index (χ4v) is 6.04. The molecule has 0 atom stereocenters. The zero-order valence-corrected chi connectivity index (χ0v) is 19.5. The van der Waals surface area contributed by atoms with E-state index in [-0.39, 0.29) is 10.8 Å². The molecular formula is C25H23N3O3S2. The lowest BCUT2D eigenvalue weighted by molar-refractivity contribution is 0.0951. The van der Waals surface area contributed by atoms with Gasteiger partial charge in [0.25, 0.3) is 5.91 Å². The summed E-state index contributed by atoms with van der Waals surface area (Å²) in [6, 6.07) is 19.3. The van der Waals surface area contributed by atoms with Crippen LogP contribution in [0.4, 0.5) is 5.69 Å². The summed E-state index contributed by atoms with van der Waals surface area (Å²) in [6.07, 6.45) is 2.27. The number of hydrogen-bond donors (Lipinski definition) is 1. The lowest BCUT2D eigenvalue weighted by Gasteiger charge is -2.18. The van der Waals surface area contributed by atoms with Gasteiger partial charge in [-0.2, -0.15) is 0 Å². The van der Waals surface area contributed by atoms with Crippen LogP contribution in [0.25, 0.3) is 10.2 Å². The van der Waals surface area contributed by atoms with Crippen LogP contribution in [0.1, 0.15) is 28.8 Å². The molecule has 1 aromatic heterocycles. The van der Waals surface area contributed by atoms with Crippen molar-refractivity contribution < 1.29 is 13.2 Å². The van der Waals surface area contributed by atoms with Gasteiger partial charge in [-0.05, 0) is 66.9 Å². The Bertz CT molecular complexity index is 1410. The molecule has 1 aliphatic rings. The normalized spacial score (nSPS) is 14.0. The Labute approximate surface area is 196 Å². The summed E-state index contributed by atoms with van der Waals surface area (Å²) in [5.41, 5.74) is 4.98. The van der Waals surface area contributed by atoms with E-state index < -0.39 is 9.84 Å². The number of anilines is 1. The Kier molecular flexibility index (Phi) is 5.86. The fourth-order valence-electron chi connectivity index (χ4n) is 4.03. The molecule has 6 nitrogen and oxygen atoms in total. The number of amides is 1. The van der Waals surface area contributed by atoms with Crippen molar-refractivity contribution in [2.24, 2.45) is 0 Å². The van der Waals surface area contributed by atoms with E-state index in [1.807, 2.05) is 18.2 Å². The van der Waals surface area contributed by atoms with E-state index in [0.29, 0.717) is 17.0 Å². The van der Waals surface area contributed by atoms with E-state index in [9.17, 15) is 13.2 Å². The second kappa shape index (κ2) is 8.96. The highest BCUT2D eigenvalue weighted by Gasteiger charge is 2.20. The number of hydrogen-bond acceptors (Lipinski definition) is 6. The van der Waals surface area contributed by atoms with Crippen LogP contribution in [-0.2, 0) is 16.4 Å². The van der Waals surface area contributed by atoms with Crippen LogP contribution in [0.5, 0.6) is 0 Å². The maximum atomic E-state index is 13.2. The van der Waals surface area contributed by atoms with E-state index in [0.717, 1.165) is 47.4 Å². The summed E-state index contributed by atoms with van der Waals surface area (Å²) < 4.78 is 27.3. The number of rotatable bonds is 6. The molecule has 2 heterocycles. The number of nitrogens with one attached hydrogen (secondary N) is 1. The first-order chi connectivity index (χ1) is 16.0. The number of carbonyl (C=O) groups is 1. The largest absolute Gasteiger partial charge is 0.372 e. The summed E-state index contributed by atoms with van der Waals surface area (Å²) in [7, 11) is -3.62. The van der Waals surface area contributed by atoms with Crippen LogP contribution in [0.3, 0.4) is 0 Å². The molecule has 1 saturated heterocycles. The number of fused-ring (bicyclic) bond motifs is 1. The second-order valence-electron chi connectivity index (χ2n) is 8.06. The minimum absolute atomic E-state index is 0.180. The number of benzene rings is 3. The molecule has 3 aromatic carbocycles. The van der Waals surface area contributed by atoms with Crippen molar-refractivity contribution in [1.82, 2.24) is 10.3 Å². The molecule has 33 heavy (non-hydrogen) atoms. The molecule has 1 N–H and O–H groups in total. The molecule has 0 saturated carbocycles. The Balaban J connectivity index is 1.27. The minimum Gasteiger partial charge on any atom is -0.372 e. The first kappa shape index (κ1) is 21.6. The highest BCUT2D eigenvalue weighted by atomic mass is 32.2. The number of nitrogens with zero attached hydrogens (tertiary/aromatic N) is 2. The number of sulfone groups is 1. The van der Waals surface area contributed by atoms with E-state index in [2.05, 4.69) is 15.2 Å². The van der Waals surface area contributed by atoms with Crippen molar-refractivity contribution >= 4 is 43.0 Å².